The minimum absolute atomic E-state index is 0.208. The van der Waals surface area contributed by atoms with Crippen LogP contribution in [-0.4, -0.2) is 53.5 Å². The van der Waals surface area contributed by atoms with Crippen molar-refractivity contribution in [3.63, 3.8) is 0 Å². The fourth-order valence-corrected chi connectivity index (χ4v) is 2.84. The van der Waals surface area contributed by atoms with Gasteiger partial charge in [-0.1, -0.05) is 25.1 Å². The zero-order valence-corrected chi connectivity index (χ0v) is 14.2. The molecule has 6 nitrogen and oxygen atoms in total. The first-order valence-electron chi connectivity index (χ1n) is 8.33. The predicted octanol–water partition coefficient (Wildman–Crippen LogP) is 2.18. The summed E-state index contributed by atoms with van der Waals surface area (Å²) in [7, 11) is 0. The number of carbonyl (C=O) groups excluding carboxylic acids is 1. The minimum atomic E-state index is -0.208. The van der Waals surface area contributed by atoms with Gasteiger partial charge >= 0.3 is 0 Å². The SMILES string of the molecule is CCN1CCN(c2cc(C(=O)Nc3ccccc3C)ncn2)CC1. The maximum Gasteiger partial charge on any atom is 0.274 e. The van der Waals surface area contributed by atoms with E-state index in [2.05, 4.69) is 32.0 Å². The van der Waals surface area contributed by atoms with Crippen LogP contribution in [0.2, 0.25) is 0 Å². The van der Waals surface area contributed by atoms with Gasteiger partial charge in [-0.3, -0.25) is 4.79 Å². The molecular formula is C18H23N5O. The Balaban J connectivity index is 1.71. The lowest BCUT2D eigenvalue weighted by Gasteiger charge is -2.34. The van der Waals surface area contributed by atoms with Gasteiger partial charge in [-0.05, 0) is 25.1 Å². The van der Waals surface area contributed by atoms with Crippen LogP contribution in [-0.2, 0) is 0 Å². The summed E-state index contributed by atoms with van der Waals surface area (Å²) in [5.74, 6) is 0.607. The maximum absolute atomic E-state index is 12.5. The normalized spacial score (nSPS) is 15.3. The second kappa shape index (κ2) is 7.40. The van der Waals surface area contributed by atoms with Gasteiger partial charge < -0.3 is 15.1 Å². The van der Waals surface area contributed by atoms with Gasteiger partial charge in [0.15, 0.2) is 0 Å². The van der Waals surface area contributed by atoms with E-state index in [-0.39, 0.29) is 5.91 Å². The standard InChI is InChI=1S/C18H23N5O/c1-3-22-8-10-23(11-9-22)17-12-16(19-13-20-17)18(24)21-15-7-5-4-6-14(15)2/h4-7,12-13H,3,8-11H2,1-2H3,(H,21,24). The van der Waals surface area contributed by atoms with Gasteiger partial charge in [0.2, 0.25) is 0 Å². The van der Waals surface area contributed by atoms with Gasteiger partial charge in [0.05, 0.1) is 0 Å². The summed E-state index contributed by atoms with van der Waals surface area (Å²) in [5.41, 5.74) is 2.22. The first kappa shape index (κ1) is 16.4. The first-order chi connectivity index (χ1) is 11.7. The number of hydrogen-bond donors (Lipinski definition) is 1. The third-order valence-corrected chi connectivity index (χ3v) is 4.42. The van der Waals surface area contributed by atoms with Crippen molar-refractivity contribution in [2.45, 2.75) is 13.8 Å². The van der Waals surface area contributed by atoms with E-state index in [4.69, 9.17) is 0 Å². The average Bonchev–Trinajstić information content (AvgIpc) is 2.64. The molecule has 0 radical (unpaired) electrons. The van der Waals surface area contributed by atoms with Crippen LogP contribution in [0.1, 0.15) is 23.0 Å². The Morgan fingerprint density at radius 1 is 1.17 bits per heavy atom. The zero-order chi connectivity index (χ0) is 16.9. The van der Waals surface area contributed by atoms with E-state index in [9.17, 15) is 4.79 Å². The number of para-hydroxylation sites is 1. The van der Waals surface area contributed by atoms with Crippen LogP contribution in [0.25, 0.3) is 0 Å². The summed E-state index contributed by atoms with van der Waals surface area (Å²) < 4.78 is 0. The highest BCUT2D eigenvalue weighted by Crippen LogP contribution is 2.17. The Morgan fingerprint density at radius 2 is 1.92 bits per heavy atom. The lowest BCUT2D eigenvalue weighted by atomic mass is 10.2. The summed E-state index contributed by atoms with van der Waals surface area (Å²) in [6.45, 7) is 9.09. The molecule has 6 heteroatoms. The zero-order valence-electron chi connectivity index (χ0n) is 14.2. The number of hydrogen-bond acceptors (Lipinski definition) is 5. The van der Waals surface area contributed by atoms with Crippen LogP contribution in [0.15, 0.2) is 36.7 Å². The fourth-order valence-electron chi connectivity index (χ4n) is 2.84. The molecule has 0 bridgehead atoms. The Bertz CT molecular complexity index is 710. The number of nitrogens with one attached hydrogen (secondary N) is 1. The van der Waals surface area contributed by atoms with Crippen molar-refractivity contribution in [3.05, 3.63) is 47.9 Å². The van der Waals surface area contributed by atoms with E-state index >= 15 is 0 Å². The molecule has 1 aromatic heterocycles. The number of amides is 1. The second-order valence-corrected chi connectivity index (χ2v) is 5.95. The molecule has 2 heterocycles. The van der Waals surface area contributed by atoms with E-state index in [1.54, 1.807) is 6.07 Å². The van der Waals surface area contributed by atoms with E-state index in [1.165, 1.54) is 6.33 Å². The molecule has 1 N–H and O–H groups in total. The highest BCUT2D eigenvalue weighted by atomic mass is 16.1. The average molecular weight is 325 g/mol. The molecule has 1 aliphatic rings. The highest BCUT2D eigenvalue weighted by molar-refractivity contribution is 6.03. The molecule has 3 rings (SSSR count). The van der Waals surface area contributed by atoms with Crippen molar-refractivity contribution in [1.29, 1.82) is 0 Å². The third kappa shape index (κ3) is 3.71. The van der Waals surface area contributed by atoms with Gasteiger partial charge in [-0.15, -0.1) is 0 Å². The Morgan fingerprint density at radius 3 is 2.62 bits per heavy atom. The van der Waals surface area contributed by atoms with Gasteiger partial charge in [-0.25, -0.2) is 9.97 Å². The summed E-state index contributed by atoms with van der Waals surface area (Å²) in [6.07, 6.45) is 1.47. The Hall–Kier alpha value is -2.47. The quantitative estimate of drug-likeness (QED) is 0.933. The van der Waals surface area contributed by atoms with Crippen molar-refractivity contribution in [2.24, 2.45) is 0 Å². The molecule has 1 fully saturated rings. The van der Waals surface area contributed by atoms with E-state index < -0.39 is 0 Å². The van der Waals surface area contributed by atoms with Crippen molar-refractivity contribution in [1.82, 2.24) is 14.9 Å². The summed E-state index contributed by atoms with van der Waals surface area (Å²) in [6, 6.07) is 9.48. The summed E-state index contributed by atoms with van der Waals surface area (Å²) in [4.78, 5) is 25.6. The number of benzene rings is 1. The Labute approximate surface area is 142 Å². The lowest BCUT2D eigenvalue weighted by molar-refractivity contribution is 0.102. The monoisotopic (exact) mass is 325 g/mol. The number of nitrogens with zero attached hydrogens (tertiary/aromatic N) is 4. The molecule has 1 aliphatic heterocycles. The summed E-state index contributed by atoms with van der Waals surface area (Å²) >= 11 is 0. The summed E-state index contributed by atoms with van der Waals surface area (Å²) in [5, 5.41) is 2.92. The molecule has 0 unspecified atom stereocenters. The second-order valence-electron chi connectivity index (χ2n) is 5.95. The Kier molecular flexibility index (Phi) is 5.05. The van der Waals surface area contributed by atoms with Crippen LogP contribution in [0.4, 0.5) is 11.5 Å². The maximum atomic E-state index is 12.5. The number of anilines is 2. The van der Waals surface area contributed by atoms with Crippen molar-refractivity contribution in [2.75, 3.05) is 42.9 Å². The van der Waals surface area contributed by atoms with E-state index in [0.717, 1.165) is 49.8 Å². The number of aryl methyl sites for hydroxylation is 1. The largest absolute Gasteiger partial charge is 0.354 e. The lowest BCUT2D eigenvalue weighted by Crippen LogP contribution is -2.46. The third-order valence-electron chi connectivity index (χ3n) is 4.42. The minimum Gasteiger partial charge on any atom is -0.354 e. The molecule has 24 heavy (non-hydrogen) atoms. The number of aromatic nitrogens is 2. The molecule has 0 spiro atoms. The number of carbonyl (C=O) groups is 1. The first-order valence-corrected chi connectivity index (χ1v) is 8.33. The van der Waals surface area contributed by atoms with Crippen molar-refractivity contribution in [3.8, 4) is 0 Å². The highest BCUT2D eigenvalue weighted by Gasteiger charge is 2.18. The van der Waals surface area contributed by atoms with Crippen LogP contribution in [0.3, 0.4) is 0 Å². The molecule has 0 atom stereocenters. The molecular weight excluding hydrogens is 302 g/mol. The number of rotatable bonds is 4. The molecule has 1 aromatic carbocycles. The van der Waals surface area contributed by atoms with Crippen LogP contribution in [0.5, 0.6) is 0 Å². The van der Waals surface area contributed by atoms with Crippen LogP contribution >= 0.6 is 0 Å². The fraction of sp³-hybridized carbons (Fsp3) is 0.389. The van der Waals surface area contributed by atoms with Crippen LogP contribution in [0, 0.1) is 6.92 Å². The van der Waals surface area contributed by atoms with E-state index in [1.807, 2.05) is 31.2 Å². The van der Waals surface area contributed by atoms with Crippen LogP contribution < -0.4 is 10.2 Å². The van der Waals surface area contributed by atoms with Crippen molar-refractivity contribution < 1.29 is 4.79 Å². The van der Waals surface area contributed by atoms with Gasteiger partial charge in [-0.2, -0.15) is 0 Å². The molecule has 1 amide bonds. The predicted molar refractivity (Wildman–Crippen MR) is 95.5 cm³/mol. The number of piperazine rings is 1. The molecule has 126 valence electrons. The topological polar surface area (TPSA) is 61.4 Å². The van der Waals surface area contributed by atoms with Crippen molar-refractivity contribution >= 4 is 17.4 Å². The van der Waals surface area contributed by atoms with Gasteiger partial charge in [0, 0.05) is 37.9 Å². The molecule has 0 aliphatic carbocycles. The van der Waals surface area contributed by atoms with E-state index in [0.29, 0.717) is 5.69 Å². The molecule has 2 aromatic rings. The molecule has 0 saturated carbocycles. The van der Waals surface area contributed by atoms with Gasteiger partial charge in [0.1, 0.15) is 17.8 Å². The molecule has 1 saturated heterocycles. The number of likely N-dealkylation sites (N-methyl/N-ethyl adjacent to an activating group) is 1. The van der Waals surface area contributed by atoms with Gasteiger partial charge in [0.25, 0.3) is 5.91 Å². The smallest absolute Gasteiger partial charge is 0.274 e.